The smallest absolute Gasteiger partial charge is 0.257 e. The highest BCUT2D eigenvalue weighted by Crippen LogP contribution is 2.23. The summed E-state index contributed by atoms with van der Waals surface area (Å²) in [6, 6.07) is 14.3. The molecule has 5 nitrogen and oxygen atoms in total. The molecule has 2 aromatic carbocycles. The van der Waals surface area contributed by atoms with Gasteiger partial charge in [-0.15, -0.1) is 0 Å². The third kappa shape index (κ3) is 4.11. The number of ether oxygens (including phenoxy) is 1. The van der Waals surface area contributed by atoms with Crippen LogP contribution in [-0.2, 0) is 4.79 Å². The monoisotopic (exact) mass is 351 g/mol. The molecule has 3 aromatic rings. The Morgan fingerprint density at radius 1 is 1.15 bits per heavy atom. The van der Waals surface area contributed by atoms with Crippen molar-refractivity contribution in [3.05, 3.63) is 65.0 Å². The number of carbonyl (C=O) groups is 1. The number of nitrogens with one attached hydrogen (secondary N) is 1. The molecule has 0 aliphatic rings. The van der Waals surface area contributed by atoms with Crippen molar-refractivity contribution in [3.63, 3.8) is 0 Å². The lowest BCUT2D eigenvalue weighted by molar-refractivity contribution is -0.123. The molecule has 1 heterocycles. The van der Waals surface area contributed by atoms with E-state index in [1.165, 1.54) is 6.26 Å². The molecule has 0 fully saturated rings. The van der Waals surface area contributed by atoms with Crippen molar-refractivity contribution in [2.75, 3.05) is 13.2 Å². The zero-order valence-corrected chi connectivity index (χ0v) is 14.8. The average molecular weight is 351 g/mol. The Bertz CT molecular complexity index is 961. The van der Waals surface area contributed by atoms with Crippen molar-refractivity contribution in [1.82, 2.24) is 5.32 Å². The lowest BCUT2D eigenvalue weighted by Crippen LogP contribution is -2.31. The standard InChI is InChI=1S/C21H21NO4/c1-14(2)11-22-20(23)13-25-16-8-9-17-19(10-16)26-12-18(21(17)24)15-6-4-3-5-7-15/h3-10,12,14H,11,13H2,1-2H3,(H,22,23). The van der Waals surface area contributed by atoms with E-state index in [0.717, 1.165) is 5.56 Å². The van der Waals surface area contributed by atoms with Gasteiger partial charge in [-0.3, -0.25) is 9.59 Å². The van der Waals surface area contributed by atoms with Gasteiger partial charge in [-0.25, -0.2) is 0 Å². The van der Waals surface area contributed by atoms with Crippen molar-refractivity contribution in [1.29, 1.82) is 0 Å². The third-order valence-electron chi connectivity index (χ3n) is 3.91. The normalized spacial score (nSPS) is 10.9. The fourth-order valence-electron chi connectivity index (χ4n) is 2.53. The predicted octanol–water partition coefficient (Wildman–Crippen LogP) is 3.61. The Kier molecular flexibility index (Phi) is 5.37. The summed E-state index contributed by atoms with van der Waals surface area (Å²) in [5.41, 5.74) is 1.65. The molecule has 134 valence electrons. The van der Waals surface area contributed by atoms with Crippen LogP contribution in [0.1, 0.15) is 13.8 Å². The summed E-state index contributed by atoms with van der Waals surface area (Å²) in [5, 5.41) is 3.26. The molecule has 0 atom stereocenters. The van der Waals surface area contributed by atoms with Gasteiger partial charge in [0.25, 0.3) is 5.91 Å². The summed E-state index contributed by atoms with van der Waals surface area (Å²) >= 11 is 0. The van der Waals surface area contributed by atoms with Gasteiger partial charge >= 0.3 is 0 Å². The van der Waals surface area contributed by atoms with Crippen LogP contribution in [0.2, 0.25) is 0 Å². The average Bonchev–Trinajstić information content (AvgIpc) is 2.65. The second-order valence-electron chi connectivity index (χ2n) is 6.49. The molecular formula is C21H21NO4. The first-order chi connectivity index (χ1) is 12.5. The Hall–Kier alpha value is -3.08. The number of fused-ring (bicyclic) bond motifs is 1. The molecule has 0 aliphatic heterocycles. The number of hydrogen-bond acceptors (Lipinski definition) is 4. The highest BCUT2D eigenvalue weighted by Gasteiger charge is 2.10. The zero-order valence-electron chi connectivity index (χ0n) is 14.8. The van der Waals surface area contributed by atoms with E-state index in [0.29, 0.717) is 34.7 Å². The molecule has 1 amide bonds. The van der Waals surface area contributed by atoms with Crippen LogP contribution in [0.5, 0.6) is 5.75 Å². The molecule has 5 heteroatoms. The minimum Gasteiger partial charge on any atom is -0.484 e. The van der Waals surface area contributed by atoms with Crippen molar-refractivity contribution >= 4 is 16.9 Å². The minimum absolute atomic E-state index is 0.0788. The highest BCUT2D eigenvalue weighted by molar-refractivity contribution is 5.83. The van der Waals surface area contributed by atoms with Gasteiger partial charge in [-0.05, 0) is 23.6 Å². The lowest BCUT2D eigenvalue weighted by atomic mass is 10.1. The van der Waals surface area contributed by atoms with E-state index in [-0.39, 0.29) is 17.9 Å². The third-order valence-corrected chi connectivity index (χ3v) is 3.91. The van der Waals surface area contributed by atoms with Gasteiger partial charge in [0.2, 0.25) is 0 Å². The van der Waals surface area contributed by atoms with E-state index >= 15 is 0 Å². The summed E-state index contributed by atoms with van der Waals surface area (Å²) in [6.45, 7) is 4.58. The van der Waals surface area contributed by atoms with Crippen LogP contribution in [0.3, 0.4) is 0 Å². The summed E-state index contributed by atoms with van der Waals surface area (Å²) in [7, 11) is 0. The molecule has 1 aromatic heterocycles. The molecule has 0 radical (unpaired) electrons. The SMILES string of the molecule is CC(C)CNC(=O)COc1ccc2c(=O)c(-c3ccccc3)coc2c1. The van der Waals surface area contributed by atoms with E-state index < -0.39 is 0 Å². The largest absolute Gasteiger partial charge is 0.484 e. The van der Waals surface area contributed by atoms with Gasteiger partial charge in [0.1, 0.15) is 17.6 Å². The van der Waals surface area contributed by atoms with Gasteiger partial charge in [0.15, 0.2) is 12.0 Å². The van der Waals surface area contributed by atoms with E-state index in [1.54, 1.807) is 18.2 Å². The van der Waals surface area contributed by atoms with E-state index in [2.05, 4.69) is 5.32 Å². The van der Waals surface area contributed by atoms with Crippen LogP contribution in [0.25, 0.3) is 22.1 Å². The number of benzene rings is 2. The maximum absolute atomic E-state index is 12.7. The fourth-order valence-corrected chi connectivity index (χ4v) is 2.53. The Balaban J connectivity index is 1.78. The molecule has 0 bridgehead atoms. The maximum atomic E-state index is 12.7. The van der Waals surface area contributed by atoms with Crippen LogP contribution in [0.15, 0.2) is 64.0 Å². The molecule has 0 aliphatic carbocycles. The Morgan fingerprint density at radius 2 is 1.92 bits per heavy atom. The molecule has 1 N–H and O–H groups in total. The number of amides is 1. The maximum Gasteiger partial charge on any atom is 0.257 e. The molecule has 0 saturated heterocycles. The zero-order chi connectivity index (χ0) is 18.5. The van der Waals surface area contributed by atoms with E-state index in [1.807, 2.05) is 44.2 Å². The summed E-state index contributed by atoms with van der Waals surface area (Å²) in [4.78, 5) is 24.4. The number of carbonyl (C=O) groups excluding carboxylic acids is 1. The Labute approximate surface area is 151 Å². The van der Waals surface area contributed by atoms with E-state index in [9.17, 15) is 9.59 Å². The second kappa shape index (κ2) is 7.87. The second-order valence-corrected chi connectivity index (χ2v) is 6.49. The van der Waals surface area contributed by atoms with Crippen molar-refractivity contribution < 1.29 is 13.9 Å². The van der Waals surface area contributed by atoms with E-state index in [4.69, 9.17) is 9.15 Å². The van der Waals surface area contributed by atoms with Crippen LogP contribution in [0, 0.1) is 5.92 Å². The molecule has 26 heavy (non-hydrogen) atoms. The van der Waals surface area contributed by atoms with Crippen molar-refractivity contribution in [2.24, 2.45) is 5.92 Å². The minimum atomic E-state index is -0.181. The van der Waals surface area contributed by atoms with Gasteiger partial charge < -0.3 is 14.5 Å². The first-order valence-electron chi connectivity index (χ1n) is 8.55. The van der Waals surface area contributed by atoms with Crippen LogP contribution < -0.4 is 15.5 Å². The van der Waals surface area contributed by atoms with Gasteiger partial charge in [-0.1, -0.05) is 44.2 Å². The molecule has 0 unspecified atom stereocenters. The van der Waals surface area contributed by atoms with Gasteiger partial charge in [-0.2, -0.15) is 0 Å². The topological polar surface area (TPSA) is 68.5 Å². The first kappa shape index (κ1) is 17.7. The van der Waals surface area contributed by atoms with Crippen LogP contribution in [-0.4, -0.2) is 19.1 Å². The van der Waals surface area contributed by atoms with Crippen molar-refractivity contribution in [3.8, 4) is 16.9 Å². The number of hydrogen-bond donors (Lipinski definition) is 1. The van der Waals surface area contributed by atoms with Gasteiger partial charge in [0, 0.05) is 12.6 Å². The molecule has 3 rings (SSSR count). The Morgan fingerprint density at radius 3 is 2.65 bits per heavy atom. The van der Waals surface area contributed by atoms with Crippen LogP contribution >= 0.6 is 0 Å². The summed E-state index contributed by atoms with van der Waals surface area (Å²) < 4.78 is 11.1. The molecule has 0 spiro atoms. The van der Waals surface area contributed by atoms with Crippen molar-refractivity contribution in [2.45, 2.75) is 13.8 Å². The molecule has 0 saturated carbocycles. The predicted molar refractivity (Wildman–Crippen MR) is 101 cm³/mol. The lowest BCUT2D eigenvalue weighted by Gasteiger charge is -2.09. The summed E-state index contributed by atoms with van der Waals surface area (Å²) in [5.74, 6) is 0.681. The van der Waals surface area contributed by atoms with Gasteiger partial charge in [0.05, 0.1) is 10.9 Å². The quantitative estimate of drug-likeness (QED) is 0.737. The first-order valence-corrected chi connectivity index (χ1v) is 8.55. The van der Waals surface area contributed by atoms with Crippen LogP contribution in [0.4, 0.5) is 0 Å². The molecular weight excluding hydrogens is 330 g/mol. The summed E-state index contributed by atoms with van der Waals surface area (Å²) in [6.07, 6.45) is 1.46. The number of rotatable bonds is 6. The fraction of sp³-hybridized carbons (Fsp3) is 0.238. The highest BCUT2D eigenvalue weighted by atomic mass is 16.5.